The third kappa shape index (κ3) is 2.32. The summed E-state index contributed by atoms with van der Waals surface area (Å²) in [5.74, 6) is 0.225. The molecule has 5 heteroatoms. The SMILES string of the molecule is CCOC(=O)c1c(C)n(C)c2ccc(OCC#N)cc12. The number of aromatic nitrogens is 1. The van der Waals surface area contributed by atoms with Crippen LogP contribution in [-0.2, 0) is 11.8 Å². The fraction of sp³-hybridized carbons (Fsp3) is 0.333. The molecule has 2 rings (SSSR count). The number of fused-ring (bicyclic) bond motifs is 1. The fourth-order valence-corrected chi connectivity index (χ4v) is 2.22. The van der Waals surface area contributed by atoms with Gasteiger partial charge in [0, 0.05) is 23.6 Å². The van der Waals surface area contributed by atoms with Crippen LogP contribution in [0.5, 0.6) is 5.75 Å². The molecule has 0 spiro atoms. The van der Waals surface area contributed by atoms with Crippen LogP contribution in [0.15, 0.2) is 18.2 Å². The van der Waals surface area contributed by atoms with Crippen molar-refractivity contribution in [2.24, 2.45) is 7.05 Å². The maximum Gasteiger partial charge on any atom is 0.340 e. The maximum atomic E-state index is 12.1. The number of carbonyl (C=O) groups is 1. The lowest BCUT2D eigenvalue weighted by Gasteiger charge is -2.03. The van der Waals surface area contributed by atoms with E-state index in [1.165, 1.54) is 0 Å². The van der Waals surface area contributed by atoms with Crippen LogP contribution in [0.1, 0.15) is 23.0 Å². The summed E-state index contributed by atoms with van der Waals surface area (Å²) in [6.07, 6.45) is 0. The normalized spacial score (nSPS) is 10.3. The molecule has 0 saturated heterocycles. The molecule has 104 valence electrons. The van der Waals surface area contributed by atoms with E-state index >= 15 is 0 Å². The van der Waals surface area contributed by atoms with Crippen LogP contribution in [0.25, 0.3) is 10.9 Å². The number of carbonyl (C=O) groups excluding carboxylic acids is 1. The molecule has 0 N–H and O–H groups in total. The van der Waals surface area contributed by atoms with Gasteiger partial charge in [-0.3, -0.25) is 0 Å². The number of hydrogen-bond acceptors (Lipinski definition) is 4. The topological polar surface area (TPSA) is 64.2 Å². The Balaban J connectivity index is 2.57. The molecule has 0 atom stereocenters. The van der Waals surface area contributed by atoms with Gasteiger partial charge in [-0.2, -0.15) is 5.26 Å². The smallest absolute Gasteiger partial charge is 0.340 e. The Hall–Kier alpha value is -2.48. The molecule has 0 unspecified atom stereocenters. The monoisotopic (exact) mass is 272 g/mol. The highest BCUT2D eigenvalue weighted by Crippen LogP contribution is 2.29. The number of rotatable bonds is 4. The van der Waals surface area contributed by atoms with E-state index in [-0.39, 0.29) is 12.6 Å². The van der Waals surface area contributed by atoms with Crippen molar-refractivity contribution in [2.45, 2.75) is 13.8 Å². The van der Waals surface area contributed by atoms with Crippen molar-refractivity contribution in [1.29, 1.82) is 5.26 Å². The summed E-state index contributed by atoms with van der Waals surface area (Å²) in [7, 11) is 1.90. The van der Waals surface area contributed by atoms with Gasteiger partial charge in [0.2, 0.25) is 0 Å². The van der Waals surface area contributed by atoms with Gasteiger partial charge in [0.25, 0.3) is 0 Å². The lowest BCUT2D eigenvalue weighted by atomic mass is 10.1. The zero-order valence-electron chi connectivity index (χ0n) is 11.8. The van der Waals surface area contributed by atoms with Gasteiger partial charge in [-0.25, -0.2) is 4.79 Å². The van der Waals surface area contributed by atoms with E-state index in [1.807, 2.05) is 30.7 Å². The Bertz CT molecular complexity index is 695. The second-order valence-corrected chi connectivity index (χ2v) is 4.37. The zero-order valence-corrected chi connectivity index (χ0v) is 11.8. The first-order valence-corrected chi connectivity index (χ1v) is 6.36. The van der Waals surface area contributed by atoms with E-state index in [0.29, 0.717) is 17.9 Å². The average molecular weight is 272 g/mol. The first-order valence-electron chi connectivity index (χ1n) is 6.36. The van der Waals surface area contributed by atoms with Crippen LogP contribution in [0.4, 0.5) is 0 Å². The van der Waals surface area contributed by atoms with E-state index in [9.17, 15) is 4.79 Å². The number of benzene rings is 1. The third-order valence-corrected chi connectivity index (χ3v) is 3.25. The number of hydrogen-bond donors (Lipinski definition) is 0. The third-order valence-electron chi connectivity index (χ3n) is 3.25. The van der Waals surface area contributed by atoms with Gasteiger partial charge >= 0.3 is 5.97 Å². The molecule has 5 nitrogen and oxygen atoms in total. The highest BCUT2D eigenvalue weighted by molar-refractivity contribution is 6.06. The summed E-state index contributed by atoms with van der Waals surface area (Å²) in [5, 5.41) is 9.33. The van der Waals surface area contributed by atoms with Gasteiger partial charge in [-0.05, 0) is 32.0 Å². The van der Waals surface area contributed by atoms with Crippen LogP contribution in [-0.4, -0.2) is 23.8 Å². The van der Waals surface area contributed by atoms with Crippen LogP contribution in [0.3, 0.4) is 0 Å². The molecule has 0 amide bonds. The Labute approximate surface area is 117 Å². The number of nitrogens with zero attached hydrogens (tertiary/aromatic N) is 2. The maximum absolute atomic E-state index is 12.1. The summed E-state index contributed by atoms with van der Waals surface area (Å²) in [4.78, 5) is 12.1. The first-order chi connectivity index (χ1) is 9.60. The summed E-state index contributed by atoms with van der Waals surface area (Å²) in [6.45, 7) is 3.97. The highest BCUT2D eigenvalue weighted by atomic mass is 16.5. The van der Waals surface area contributed by atoms with Gasteiger partial charge in [0.15, 0.2) is 6.61 Å². The minimum atomic E-state index is -0.340. The molecule has 0 saturated carbocycles. The highest BCUT2D eigenvalue weighted by Gasteiger charge is 2.19. The standard InChI is InChI=1S/C15H16N2O3/c1-4-19-15(18)14-10(2)17(3)13-6-5-11(9-12(13)14)20-8-7-16/h5-6,9H,4,8H2,1-3H3. The molecule has 20 heavy (non-hydrogen) atoms. The largest absolute Gasteiger partial charge is 0.479 e. The minimum Gasteiger partial charge on any atom is -0.479 e. The predicted molar refractivity (Wildman–Crippen MR) is 74.7 cm³/mol. The number of ether oxygens (including phenoxy) is 2. The Morgan fingerprint density at radius 3 is 2.85 bits per heavy atom. The number of aryl methyl sites for hydroxylation is 1. The van der Waals surface area contributed by atoms with E-state index < -0.39 is 0 Å². The van der Waals surface area contributed by atoms with Crippen LogP contribution < -0.4 is 4.74 Å². The average Bonchev–Trinajstić information content (AvgIpc) is 2.68. The molecule has 0 fully saturated rings. The van der Waals surface area contributed by atoms with Crippen LogP contribution in [0, 0.1) is 18.3 Å². The second kappa shape index (κ2) is 5.66. The van der Waals surface area contributed by atoms with Crippen LogP contribution >= 0.6 is 0 Å². The molecule has 0 aliphatic carbocycles. The van der Waals surface area contributed by atoms with Crippen molar-refractivity contribution in [2.75, 3.05) is 13.2 Å². The fourth-order valence-electron chi connectivity index (χ4n) is 2.22. The molecule has 1 heterocycles. The Morgan fingerprint density at radius 2 is 2.20 bits per heavy atom. The summed E-state index contributed by atoms with van der Waals surface area (Å²) in [6, 6.07) is 7.35. The van der Waals surface area contributed by atoms with Gasteiger partial charge in [-0.1, -0.05) is 0 Å². The van der Waals surface area contributed by atoms with Crippen molar-refractivity contribution in [3.63, 3.8) is 0 Å². The lowest BCUT2D eigenvalue weighted by molar-refractivity contribution is 0.0527. The number of esters is 1. The predicted octanol–water partition coefficient (Wildman–Crippen LogP) is 2.57. The lowest BCUT2D eigenvalue weighted by Crippen LogP contribution is -2.06. The van der Waals surface area contributed by atoms with Crippen molar-refractivity contribution < 1.29 is 14.3 Å². The van der Waals surface area contributed by atoms with Gasteiger partial charge < -0.3 is 14.0 Å². The molecule has 0 aliphatic rings. The van der Waals surface area contributed by atoms with Gasteiger partial charge in [0.05, 0.1) is 12.2 Å². The Morgan fingerprint density at radius 1 is 1.45 bits per heavy atom. The first kappa shape index (κ1) is 13.9. The van der Waals surface area contributed by atoms with Crippen LogP contribution in [0.2, 0.25) is 0 Å². The summed E-state index contributed by atoms with van der Waals surface area (Å²) < 4.78 is 12.3. The quantitative estimate of drug-likeness (QED) is 0.802. The summed E-state index contributed by atoms with van der Waals surface area (Å²) >= 11 is 0. The molecule has 1 aromatic heterocycles. The molecular formula is C15H16N2O3. The van der Waals surface area contributed by atoms with Gasteiger partial charge in [-0.15, -0.1) is 0 Å². The van der Waals surface area contributed by atoms with E-state index in [4.69, 9.17) is 14.7 Å². The molecule has 0 aliphatic heterocycles. The molecule has 0 bridgehead atoms. The zero-order chi connectivity index (χ0) is 14.7. The van der Waals surface area contributed by atoms with Crippen molar-refractivity contribution >= 4 is 16.9 Å². The molecule has 0 radical (unpaired) electrons. The molecule has 2 aromatic rings. The second-order valence-electron chi connectivity index (χ2n) is 4.37. The Kier molecular flexibility index (Phi) is 3.94. The van der Waals surface area contributed by atoms with E-state index in [0.717, 1.165) is 16.6 Å². The minimum absolute atomic E-state index is 0.0218. The van der Waals surface area contributed by atoms with Crippen molar-refractivity contribution in [3.8, 4) is 11.8 Å². The van der Waals surface area contributed by atoms with E-state index in [1.54, 1.807) is 19.1 Å². The molecular weight excluding hydrogens is 256 g/mol. The van der Waals surface area contributed by atoms with Gasteiger partial charge in [0.1, 0.15) is 11.8 Å². The summed E-state index contributed by atoms with van der Waals surface area (Å²) in [5.41, 5.74) is 2.32. The van der Waals surface area contributed by atoms with E-state index in [2.05, 4.69) is 0 Å². The number of nitriles is 1. The van der Waals surface area contributed by atoms with Crippen molar-refractivity contribution in [1.82, 2.24) is 4.57 Å². The van der Waals surface area contributed by atoms with Crippen molar-refractivity contribution in [3.05, 3.63) is 29.5 Å². The molecule has 1 aromatic carbocycles.